The summed E-state index contributed by atoms with van der Waals surface area (Å²) in [6, 6.07) is 9.33. The largest absolute Gasteiger partial charge is 1.00 e. The molecule has 3 heterocycles. The molecule has 0 bridgehead atoms. The summed E-state index contributed by atoms with van der Waals surface area (Å²) in [5, 5.41) is 0.429. The van der Waals surface area contributed by atoms with E-state index >= 15 is 0 Å². The van der Waals surface area contributed by atoms with Crippen molar-refractivity contribution in [3.63, 3.8) is 0 Å². The van der Waals surface area contributed by atoms with E-state index in [0.717, 1.165) is 16.6 Å². The Kier molecular flexibility index (Phi) is 7.13. The van der Waals surface area contributed by atoms with Gasteiger partial charge in [0.1, 0.15) is 12.4 Å². The second-order valence-electron chi connectivity index (χ2n) is 6.10. The first-order valence-corrected chi connectivity index (χ1v) is 10.0. The van der Waals surface area contributed by atoms with E-state index in [2.05, 4.69) is 15.0 Å². The van der Waals surface area contributed by atoms with Gasteiger partial charge in [-0.05, 0) is 37.3 Å². The summed E-state index contributed by atoms with van der Waals surface area (Å²) in [6.45, 7) is 2.29. The molecule has 0 spiro atoms. The zero-order valence-corrected chi connectivity index (χ0v) is 19.3. The van der Waals surface area contributed by atoms with Gasteiger partial charge in [0.25, 0.3) is 0 Å². The molecule has 1 atom stereocenters. The van der Waals surface area contributed by atoms with Crippen molar-refractivity contribution in [3.05, 3.63) is 71.6 Å². The summed E-state index contributed by atoms with van der Waals surface area (Å²) in [5.74, 6) is 1.60. The quantitative estimate of drug-likeness (QED) is 0.583. The zero-order valence-electron chi connectivity index (χ0n) is 17.5. The molecule has 7 nitrogen and oxygen atoms in total. The molecule has 0 saturated heterocycles. The van der Waals surface area contributed by atoms with Crippen LogP contribution in [0.4, 0.5) is 0 Å². The molecule has 4 rings (SSSR count). The molecule has 1 unspecified atom stereocenters. The van der Waals surface area contributed by atoms with Crippen LogP contribution in [0.3, 0.4) is 0 Å². The van der Waals surface area contributed by atoms with Gasteiger partial charge < -0.3 is 20.6 Å². The van der Waals surface area contributed by atoms with Crippen LogP contribution in [0, 0.1) is 6.92 Å². The fourth-order valence-electron chi connectivity index (χ4n) is 2.79. The summed E-state index contributed by atoms with van der Waals surface area (Å²) in [5.41, 5.74) is 3.10. The Hall–Kier alpha value is -2.13. The molecule has 146 valence electrons. The van der Waals surface area contributed by atoms with E-state index < -0.39 is 10.8 Å². The number of allylic oxidation sites excluding steroid dienone is 1. The Morgan fingerprint density at radius 1 is 1.31 bits per heavy atom. The summed E-state index contributed by atoms with van der Waals surface area (Å²) in [4.78, 5) is 11.9. The maximum Gasteiger partial charge on any atom is 1.00 e. The SMILES string of the molecule is COC1=C(Oc2ccnc(CS(=O)c3nc4ccccc4[nH]3)c2C)OCC=C1.[H-].[Na+]. The van der Waals surface area contributed by atoms with Crippen LogP contribution in [0.2, 0.25) is 0 Å². The standard InChI is InChI=1S/C20H19N3O4S.Na.H/c1-13-16(12-28(24)20-22-14-6-3-4-7-15(14)23-20)21-10-9-17(13)27-19-18(25-2)8-5-11-26-19;;/h3-10H,11-12H2,1-2H3,(H,22,23);;/q;+1;-1. The molecule has 3 aromatic rings. The molecule has 0 aliphatic carbocycles. The molecular weight excluding hydrogens is 401 g/mol. The molecule has 0 radical (unpaired) electrons. The van der Waals surface area contributed by atoms with Crippen LogP contribution in [-0.2, 0) is 26.0 Å². The number of para-hydroxylation sites is 2. The predicted molar refractivity (Wildman–Crippen MR) is 106 cm³/mol. The van der Waals surface area contributed by atoms with E-state index in [1.807, 2.05) is 37.3 Å². The maximum atomic E-state index is 12.8. The number of ether oxygens (including phenoxy) is 3. The Labute approximate surface area is 194 Å². The third-order valence-corrected chi connectivity index (χ3v) is 5.47. The molecule has 0 fully saturated rings. The summed E-state index contributed by atoms with van der Waals surface area (Å²) in [6.07, 6.45) is 5.26. The number of aromatic amines is 1. The van der Waals surface area contributed by atoms with Crippen molar-refractivity contribution in [1.82, 2.24) is 15.0 Å². The van der Waals surface area contributed by atoms with E-state index in [1.54, 1.807) is 25.4 Å². The van der Waals surface area contributed by atoms with Crippen molar-refractivity contribution in [3.8, 4) is 5.75 Å². The monoisotopic (exact) mass is 421 g/mol. The number of nitrogens with zero attached hydrogens (tertiary/aromatic N) is 2. The minimum Gasteiger partial charge on any atom is -1.00 e. The van der Waals surface area contributed by atoms with Crippen molar-refractivity contribution in [2.24, 2.45) is 0 Å². The Balaban J connectivity index is 0.00000160. The van der Waals surface area contributed by atoms with Crippen molar-refractivity contribution in [2.75, 3.05) is 13.7 Å². The van der Waals surface area contributed by atoms with Gasteiger partial charge in [0.2, 0.25) is 0 Å². The van der Waals surface area contributed by atoms with Crippen molar-refractivity contribution >= 4 is 21.8 Å². The number of hydrogen-bond donors (Lipinski definition) is 1. The van der Waals surface area contributed by atoms with Crippen LogP contribution in [-0.4, -0.2) is 32.9 Å². The van der Waals surface area contributed by atoms with Crippen LogP contribution in [0.1, 0.15) is 12.7 Å². The zero-order chi connectivity index (χ0) is 19.5. The van der Waals surface area contributed by atoms with Gasteiger partial charge in [0.05, 0.1) is 40.4 Å². The molecule has 29 heavy (non-hydrogen) atoms. The first-order chi connectivity index (χ1) is 13.7. The summed E-state index contributed by atoms with van der Waals surface area (Å²) < 4.78 is 29.5. The number of nitrogens with one attached hydrogen (secondary N) is 1. The van der Waals surface area contributed by atoms with Gasteiger partial charge in [-0.1, -0.05) is 12.1 Å². The second kappa shape index (κ2) is 9.58. The van der Waals surface area contributed by atoms with Gasteiger partial charge in [-0.2, -0.15) is 0 Å². The van der Waals surface area contributed by atoms with Crippen molar-refractivity contribution in [2.45, 2.75) is 17.8 Å². The fraction of sp³-hybridized carbons (Fsp3) is 0.200. The summed E-state index contributed by atoms with van der Waals surface area (Å²) >= 11 is 0. The number of rotatable bonds is 6. The Bertz CT molecular complexity index is 1080. The molecule has 0 amide bonds. The van der Waals surface area contributed by atoms with E-state index in [-0.39, 0.29) is 36.7 Å². The van der Waals surface area contributed by atoms with Crippen LogP contribution < -0.4 is 34.3 Å². The molecule has 1 aliphatic heterocycles. The Morgan fingerprint density at radius 2 is 2.14 bits per heavy atom. The Morgan fingerprint density at radius 3 is 2.93 bits per heavy atom. The van der Waals surface area contributed by atoms with E-state index in [0.29, 0.717) is 34.9 Å². The van der Waals surface area contributed by atoms with Gasteiger partial charge in [0.15, 0.2) is 10.9 Å². The number of pyridine rings is 1. The van der Waals surface area contributed by atoms with Crippen LogP contribution >= 0.6 is 0 Å². The number of fused-ring (bicyclic) bond motifs is 1. The summed E-state index contributed by atoms with van der Waals surface area (Å²) in [7, 11) is 0.190. The molecule has 2 aromatic heterocycles. The molecule has 0 saturated carbocycles. The van der Waals surface area contributed by atoms with Crippen LogP contribution in [0.5, 0.6) is 5.75 Å². The molecule has 1 N–H and O–H groups in total. The minimum atomic E-state index is -1.36. The molecule has 1 aromatic carbocycles. The van der Waals surface area contributed by atoms with Crippen molar-refractivity contribution < 1.29 is 49.4 Å². The number of benzene rings is 1. The van der Waals surface area contributed by atoms with Crippen LogP contribution in [0.15, 0.2) is 65.5 Å². The number of H-pyrrole nitrogens is 1. The number of aromatic nitrogens is 3. The average Bonchev–Trinajstić information content (AvgIpc) is 3.16. The van der Waals surface area contributed by atoms with Crippen LogP contribution in [0.25, 0.3) is 11.0 Å². The van der Waals surface area contributed by atoms with Crippen molar-refractivity contribution in [1.29, 1.82) is 0 Å². The predicted octanol–water partition coefficient (Wildman–Crippen LogP) is 0.471. The normalized spacial score (nSPS) is 14.3. The fourth-order valence-corrected chi connectivity index (χ4v) is 3.89. The second-order valence-corrected chi connectivity index (χ2v) is 7.47. The molecule has 9 heteroatoms. The third kappa shape index (κ3) is 4.72. The first-order valence-electron chi connectivity index (χ1n) is 8.69. The minimum absolute atomic E-state index is 0. The molecule has 1 aliphatic rings. The smallest absolute Gasteiger partial charge is 1.00 e. The van der Waals surface area contributed by atoms with Gasteiger partial charge in [-0.25, -0.2) is 4.98 Å². The van der Waals surface area contributed by atoms with Gasteiger partial charge in [-0.15, -0.1) is 0 Å². The van der Waals surface area contributed by atoms with E-state index in [9.17, 15) is 4.21 Å². The van der Waals surface area contributed by atoms with Gasteiger partial charge in [0, 0.05) is 11.8 Å². The maximum absolute atomic E-state index is 12.8. The van der Waals surface area contributed by atoms with E-state index in [1.165, 1.54) is 0 Å². The average molecular weight is 421 g/mol. The topological polar surface area (TPSA) is 86.3 Å². The first kappa shape index (κ1) is 21.6. The number of hydrogen-bond acceptors (Lipinski definition) is 6. The van der Waals surface area contributed by atoms with E-state index in [4.69, 9.17) is 14.2 Å². The molecular formula is C20H20N3NaO4S. The third-order valence-electron chi connectivity index (χ3n) is 4.31. The number of imidazole rings is 1. The number of methoxy groups -OCH3 is 1. The van der Waals surface area contributed by atoms with Gasteiger partial charge >= 0.3 is 35.5 Å². The van der Waals surface area contributed by atoms with Gasteiger partial charge in [-0.3, -0.25) is 9.19 Å².